The minimum atomic E-state index is -0.475. The van der Waals surface area contributed by atoms with Crippen LogP contribution < -0.4 is 10.1 Å². The number of aryl methyl sites for hydroxylation is 1. The highest BCUT2D eigenvalue weighted by molar-refractivity contribution is 6.05. The zero-order valence-corrected chi connectivity index (χ0v) is 16.1. The highest BCUT2D eigenvalue weighted by Crippen LogP contribution is 2.20. The van der Waals surface area contributed by atoms with Crippen molar-refractivity contribution in [2.24, 2.45) is 0 Å². The van der Waals surface area contributed by atoms with Gasteiger partial charge in [-0.3, -0.25) is 4.79 Å². The molecule has 29 heavy (non-hydrogen) atoms. The minimum Gasteiger partial charge on any atom is -0.489 e. The summed E-state index contributed by atoms with van der Waals surface area (Å²) in [7, 11) is 1.30. The zero-order valence-electron chi connectivity index (χ0n) is 16.1. The van der Waals surface area contributed by atoms with E-state index in [1.165, 1.54) is 19.2 Å². The van der Waals surface area contributed by atoms with Crippen LogP contribution in [0.4, 0.5) is 10.1 Å². The summed E-state index contributed by atoms with van der Waals surface area (Å²) in [6, 6.07) is 17.7. The van der Waals surface area contributed by atoms with E-state index in [0.717, 1.165) is 11.1 Å². The average molecular weight is 393 g/mol. The van der Waals surface area contributed by atoms with Crippen molar-refractivity contribution < 1.29 is 23.5 Å². The van der Waals surface area contributed by atoms with Gasteiger partial charge in [0.15, 0.2) is 0 Å². The zero-order chi connectivity index (χ0) is 20.8. The quantitative estimate of drug-likeness (QED) is 0.614. The smallest absolute Gasteiger partial charge is 0.337 e. The van der Waals surface area contributed by atoms with Crippen molar-refractivity contribution in [3.05, 3.63) is 94.8 Å². The number of hydrogen-bond acceptors (Lipinski definition) is 4. The molecule has 0 aliphatic carbocycles. The largest absolute Gasteiger partial charge is 0.489 e. The number of halogens is 1. The van der Waals surface area contributed by atoms with Crippen LogP contribution in [-0.2, 0) is 11.3 Å². The summed E-state index contributed by atoms with van der Waals surface area (Å²) in [4.78, 5) is 24.4. The molecule has 0 bridgehead atoms. The Labute approximate surface area is 168 Å². The Bertz CT molecular complexity index is 1030. The van der Waals surface area contributed by atoms with Crippen molar-refractivity contribution in [3.8, 4) is 5.75 Å². The molecule has 3 rings (SSSR count). The van der Waals surface area contributed by atoms with Gasteiger partial charge in [-0.05, 0) is 60.5 Å². The predicted octanol–water partition coefficient (Wildman–Crippen LogP) is 4.75. The van der Waals surface area contributed by atoms with E-state index in [-0.39, 0.29) is 18.3 Å². The number of rotatable bonds is 6. The summed E-state index contributed by atoms with van der Waals surface area (Å²) in [5.74, 6) is -0.597. The number of benzene rings is 3. The molecule has 1 N–H and O–H groups in total. The van der Waals surface area contributed by atoms with Crippen molar-refractivity contribution >= 4 is 17.6 Å². The number of carbonyl (C=O) groups excluding carboxylic acids is 2. The third-order valence-corrected chi connectivity index (χ3v) is 4.32. The Balaban J connectivity index is 1.71. The van der Waals surface area contributed by atoms with E-state index in [4.69, 9.17) is 9.47 Å². The fourth-order valence-electron chi connectivity index (χ4n) is 2.67. The van der Waals surface area contributed by atoms with Crippen LogP contribution in [0, 0.1) is 12.7 Å². The van der Waals surface area contributed by atoms with E-state index in [9.17, 15) is 14.0 Å². The summed E-state index contributed by atoms with van der Waals surface area (Å²) in [6.45, 7) is 2.09. The second kappa shape index (κ2) is 9.01. The second-order valence-corrected chi connectivity index (χ2v) is 6.42. The number of amides is 1. The monoisotopic (exact) mass is 393 g/mol. The van der Waals surface area contributed by atoms with Crippen LogP contribution >= 0.6 is 0 Å². The topological polar surface area (TPSA) is 64.6 Å². The Morgan fingerprint density at radius 1 is 0.966 bits per heavy atom. The van der Waals surface area contributed by atoms with Crippen molar-refractivity contribution in [2.45, 2.75) is 13.5 Å². The predicted molar refractivity (Wildman–Crippen MR) is 108 cm³/mol. The molecule has 3 aromatic carbocycles. The van der Waals surface area contributed by atoms with Crippen LogP contribution in [0.5, 0.6) is 5.75 Å². The summed E-state index contributed by atoms with van der Waals surface area (Å²) in [5.41, 5.74) is 2.91. The van der Waals surface area contributed by atoms with E-state index in [2.05, 4.69) is 5.32 Å². The summed E-state index contributed by atoms with van der Waals surface area (Å²) in [6.07, 6.45) is 0. The summed E-state index contributed by atoms with van der Waals surface area (Å²) < 4.78 is 23.4. The number of hydrogen-bond donors (Lipinski definition) is 1. The SMILES string of the molecule is COC(=O)c1ccc(C)c(NC(=O)c2cccc(OCc3ccc(F)cc3)c2)c1. The molecular formula is C23H20FNO4. The van der Waals surface area contributed by atoms with Gasteiger partial charge in [-0.1, -0.05) is 24.3 Å². The third-order valence-electron chi connectivity index (χ3n) is 4.32. The van der Waals surface area contributed by atoms with Crippen LogP contribution in [0.2, 0.25) is 0 Å². The molecule has 0 saturated heterocycles. The van der Waals surface area contributed by atoms with Gasteiger partial charge in [0.05, 0.1) is 12.7 Å². The summed E-state index contributed by atoms with van der Waals surface area (Å²) >= 11 is 0. The van der Waals surface area contributed by atoms with Crippen molar-refractivity contribution in [3.63, 3.8) is 0 Å². The van der Waals surface area contributed by atoms with Crippen LogP contribution in [-0.4, -0.2) is 19.0 Å². The molecule has 0 radical (unpaired) electrons. The number of anilines is 1. The number of nitrogens with one attached hydrogen (secondary N) is 1. The molecule has 0 unspecified atom stereocenters. The molecule has 0 heterocycles. The molecule has 0 aliphatic rings. The third kappa shape index (κ3) is 5.19. The number of methoxy groups -OCH3 is 1. The fourth-order valence-corrected chi connectivity index (χ4v) is 2.67. The van der Waals surface area contributed by atoms with Crippen LogP contribution in [0.15, 0.2) is 66.7 Å². The van der Waals surface area contributed by atoms with Gasteiger partial charge in [-0.2, -0.15) is 0 Å². The maximum atomic E-state index is 13.0. The first-order valence-corrected chi connectivity index (χ1v) is 8.94. The number of ether oxygens (including phenoxy) is 2. The molecule has 0 saturated carbocycles. The van der Waals surface area contributed by atoms with E-state index in [1.54, 1.807) is 54.6 Å². The van der Waals surface area contributed by atoms with Gasteiger partial charge in [0, 0.05) is 11.3 Å². The van der Waals surface area contributed by atoms with Gasteiger partial charge in [-0.25, -0.2) is 9.18 Å². The molecule has 1 amide bonds. The molecule has 5 nitrogen and oxygen atoms in total. The van der Waals surface area contributed by atoms with Crippen molar-refractivity contribution in [1.29, 1.82) is 0 Å². The molecule has 0 aromatic heterocycles. The Morgan fingerprint density at radius 2 is 1.72 bits per heavy atom. The molecule has 0 fully saturated rings. The van der Waals surface area contributed by atoms with Gasteiger partial charge >= 0.3 is 5.97 Å². The molecule has 148 valence electrons. The number of carbonyl (C=O) groups is 2. The Kier molecular flexibility index (Phi) is 6.24. The Hall–Kier alpha value is -3.67. The van der Waals surface area contributed by atoms with Gasteiger partial charge < -0.3 is 14.8 Å². The summed E-state index contributed by atoms with van der Waals surface area (Å²) in [5, 5.41) is 2.81. The molecule has 0 spiro atoms. The van der Waals surface area contributed by atoms with Gasteiger partial charge in [-0.15, -0.1) is 0 Å². The number of esters is 1. The molecule has 0 atom stereocenters. The van der Waals surface area contributed by atoms with Crippen LogP contribution in [0.25, 0.3) is 0 Å². The highest BCUT2D eigenvalue weighted by atomic mass is 19.1. The van der Waals surface area contributed by atoms with E-state index in [1.807, 2.05) is 6.92 Å². The molecule has 6 heteroatoms. The van der Waals surface area contributed by atoms with E-state index in [0.29, 0.717) is 22.6 Å². The highest BCUT2D eigenvalue weighted by Gasteiger charge is 2.12. The van der Waals surface area contributed by atoms with Gasteiger partial charge in [0.1, 0.15) is 18.2 Å². The average Bonchev–Trinajstić information content (AvgIpc) is 2.74. The molecule has 0 aliphatic heterocycles. The lowest BCUT2D eigenvalue weighted by Gasteiger charge is -2.11. The maximum absolute atomic E-state index is 13.0. The van der Waals surface area contributed by atoms with Gasteiger partial charge in [0.2, 0.25) is 0 Å². The van der Waals surface area contributed by atoms with E-state index >= 15 is 0 Å². The molecule has 3 aromatic rings. The maximum Gasteiger partial charge on any atom is 0.337 e. The van der Waals surface area contributed by atoms with E-state index < -0.39 is 5.97 Å². The lowest BCUT2D eigenvalue weighted by molar-refractivity contribution is 0.0600. The lowest BCUT2D eigenvalue weighted by Crippen LogP contribution is -2.14. The van der Waals surface area contributed by atoms with Crippen LogP contribution in [0.1, 0.15) is 31.8 Å². The first-order chi connectivity index (χ1) is 14.0. The first kappa shape index (κ1) is 20.1. The first-order valence-electron chi connectivity index (χ1n) is 8.94. The molecular weight excluding hydrogens is 373 g/mol. The van der Waals surface area contributed by atoms with Crippen molar-refractivity contribution in [1.82, 2.24) is 0 Å². The minimum absolute atomic E-state index is 0.256. The van der Waals surface area contributed by atoms with Gasteiger partial charge in [0.25, 0.3) is 5.91 Å². The standard InChI is InChI=1S/C23H20FNO4/c1-15-6-9-18(23(27)28-2)13-21(15)25-22(26)17-4-3-5-20(12-17)29-14-16-7-10-19(24)11-8-16/h3-13H,14H2,1-2H3,(H,25,26). The fraction of sp³-hybridized carbons (Fsp3) is 0.130. The Morgan fingerprint density at radius 3 is 2.45 bits per heavy atom. The normalized spacial score (nSPS) is 10.3. The second-order valence-electron chi connectivity index (χ2n) is 6.42. The van der Waals surface area contributed by atoms with Crippen LogP contribution in [0.3, 0.4) is 0 Å². The van der Waals surface area contributed by atoms with Crippen molar-refractivity contribution in [2.75, 3.05) is 12.4 Å². The lowest BCUT2D eigenvalue weighted by atomic mass is 10.1.